The Balaban J connectivity index is 0.000000757. The van der Waals surface area contributed by atoms with E-state index in [1.807, 2.05) is 88.7 Å². The quantitative estimate of drug-likeness (QED) is 0.665. The summed E-state index contributed by atoms with van der Waals surface area (Å²) in [6.45, 7) is 12.4. The Morgan fingerprint density at radius 3 is 2.23 bits per heavy atom. The minimum Gasteiger partial charge on any atom is -0.396 e. The Hall–Kier alpha value is -1.28. The van der Waals surface area contributed by atoms with E-state index in [-0.39, 0.29) is 24.9 Å². The molecule has 5 nitrogen and oxygen atoms in total. The highest BCUT2D eigenvalue weighted by Crippen LogP contribution is 2.43. The summed E-state index contributed by atoms with van der Waals surface area (Å²) in [7, 11) is 0. The molecule has 2 aliphatic heterocycles. The van der Waals surface area contributed by atoms with Crippen LogP contribution in [0.25, 0.3) is 0 Å². The van der Waals surface area contributed by atoms with E-state index in [4.69, 9.17) is 18.9 Å². The number of ether oxygens (including phenoxy) is 4. The highest BCUT2D eigenvalue weighted by Gasteiger charge is 2.50. The minimum atomic E-state index is -0.473. The highest BCUT2D eigenvalue weighted by atomic mass is 32.1. The Kier molecular flexibility index (Phi) is 9.94. The first kappa shape index (κ1) is 25.0. The fourth-order valence-corrected chi connectivity index (χ4v) is 4.06. The summed E-state index contributed by atoms with van der Waals surface area (Å²) >= 11 is 1.60. The van der Waals surface area contributed by atoms with Crippen LogP contribution in [0.5, 0.6) is 0 Å². The summed E-state index contributed by atoms with van der Waals surface area (Å²) in [5.74, 6) is 0. The third kappa shape index (κ3) is 5.69. The van der Waals surface area contributed by atoms with Crippen molar-refractivity contribution >= 4 is 11.3 Å². The van der Waals surface area contributed by atoms with E-state index in [9.17, 15) is 5.11 Å². The lowest BCUT2D eigenvalue weighted by Crippen LogP contribution is -2.59. The number of fused-ring (bicyclic) bond motifs is 1. The summed E-state index contributed by atoms with van der Waals surface area (Å²) in [5, 5.41) is 13.9. The maximum absolute atomic E-state index is 9.93. The molecule has 2 fully saturated rings. The van der Waals surface area contributed by atoms with E-state index in [1.165, 1.54) is 0 Å². The van der Waals surface area contributed by atoms with E-state index in [2.05, 4.69) is 0 Å². The summed E-state index contributed by atoms with van der Waals surface area (Å²) in [6.07, 6.45) is -1.81. The summed E-state index contributed by atoms with van der Waals surface area (Å²) in [5.41, 5.74) is 1.48. The average molecular weight is 437 g/mol. The van der Waals surface area contributed by atoms with Crippen molar-refractivity contribution in [3.8, 4) is 0 Å². The molecule has 0 aliphatic carbocycles. The molecule has 1 aromatic carbocycles. The average Bonchev–Trinajstić information content (AvgIpc) is 3.36. The van der Waals surface area contributed by atoms with Gasteiger partial charge in [-0.2, -0.15) is 11.3 Å². The van der Waals surface area contributed by atoms with Gasteiger partial charge in [0.15, 0.2) is 12.6 Å². The number of aliphatic hydroxyl groups excluding tert-OH is 1. The maximum Gasteiger partial charge on any atom is 0.185 e. The van der Waals surface area contributed by atoms with Gasteiger partial charge in [0.2, 0.25) is 0 Å². The van der Waals surface area contributed by atoms with Crippen molar-refractivity contribution < 1.29 is 24.1 Å². The third-order valence-electron chi connectivity index (χ3n) is 4.99. The van der Waals surface area contributed by atoms with Gasteiger partial charge in [0.05, 0.1) is 19.3 Å². The van der Waals surface area contributed by atoms with Crippen LogP contribution < -0.4 is 0 Å². The topological polar surface area (TPSA) is 57.2 Å². The fourth-order valence-electron chi connectivity index (χ4n) is 3.40. The number of thiophene rings is 1. The molecule has 4 rings (SSSR count). The third-order valence-corrected chi connectivity index (χ3v) is 5.69. The van der Waals surface area contributed by atoms with E-state index >= 15 is 0 Å². The van der Waals surface area contributed by atoms with E-state index in [0.29, 0.717) is 6.61 Å². The molecule has 168 valence electrons. The molecule has 2 unspecified atom stereocenters. The molecule has 3 heterocycles. The van der Waals surface area contributed by atoms with E-state index in [0.717, 1.165) is 11.1 Å². The lowest BCUT2D eigenvalue weighted by Gasteiger charge is -2.50. The molecule has 30 heavy (non-hydrogen) atoms. The van der Waals surface area contributed by atoms with Gasteiger partial charge in [-0.25, -0.2) is 0 Å². The van der Waals surface area contributed by atoms with Gasteiger partial charge < -0.3 is 24.1 Å². The van der Waals surface area contributed by atoms with Crippen molar-refractivity contribution in [2.75, 3.05) is 13.2 Å². The van der Waals surface area contributed by atoms with Crippen LogP contribution in [0.3, 0.4) is 0 Å². The number of benzene rings is 1. The van der Waals surface area contributed by atoms with Crippen molar-refractivity contribution in [2.45, 2.75) is 72.4 Å². The van der Waals surface area contributed by atoms with Crippen LogP contribution in [0.4, 0.5) is 0 Å². The lowest BCUT2D eigenvalue weighted by molar-refractivity contribution is -0.377. The largest absolute Gasteiger partial charge is 0.396 e. The zero-order chi connectivity index (χ0) is 22.1. The number of aliphatic hydroxyl groups is 1. The summed E-state index contributed by atoms with van der Waals surface area (Å²) < 4.78 is 24.6. The van der Waals surface area contributed by atoms with Crippen molar-refractivity contribution in [3.63, 3.8) is 0 Å². The van der Waals surface area contributed by atoms with Crippen molar-refractivity contribution in [2.24, 2.45) is 5.41 Å². The smallest absolute Gasteiger partial charge is 0.185 e. The van der Waals surface area contributed by atoms with Gasteiger partial charge in [-0.15, -0.1) is 0 Å². The predicted octanol–water partition coefficient (Wildman–Crippen LogP) is 5.72. The monoisotopic (exact) mass is 436 g/mol. The zero-order valence-electron chi connectivity index (χ0n) is 18.9. The van der Waals surface area contributed by atoms with Gasteiger partial charge in [0.25, 0.3) is 0 Å². The first-order valence-electron chi connectivity index (χ1n) is 10.8. The summed E-state index contributed by atoms with van der Waals surface area (Å²) in [4.78, 5) is 0. The maximum atomic E-state index is 9.93. The highest BCUT2D eigenvalue weighted by molar-refractivity contribution is 7.07. The normalized spacial score (nSPS) is 28.3. The Morgan fingerprint density at radius 1 is 0.933 bits per heavy atom. The van der Waals surface area contributed by atoms with Crippen molar-refractivity contribution in [1.82, 2.24) is 0 Å². The van der Waals surface area contributed by atoms with Crippen LogP contribution in [-0.2, 0) is 18.9 Å². The second-order valence-corrected chi connectivity index (χ2v) is 8.22. The predicted molar refractivity (Wildman–Crippen MR) is 120 cm³/mol. The van der Waals surface area contributed by atoms with E-state index < -0.39 is 18.0 Å². The summed E-state index contributed by atoms with van der Waals surface area (Å²) in [6, 6.07) is 11.8. The van der Waals surface area contributed by atoms with Crippen LogP contribution in [-0.4, -0.2) is 36.6 Å². The molecule has 0 bridgehead atoms. The Labute approximate surface area is 184 Å². The minimum absolute atomic E-state index is 0.00252. The van der Waals surface area contributed by atoms with Gasteiger partial charge in [-0.05, 0) is 16.8 Å². The molecule has 1 N–H and O–H groups in total. The number of rotatable bonds is 4. The van der Waals surface area contributed by atoms with Gasteiger partial charge in [-0.1, -0.05) is 71.9 Å². The second kappa shape index (κ2) is 11.9. The Morgan fingerprint density at radius 2 is 1.63 bits per heavy atom. The van der Waals surface area contributed by atoms with Crippen LogP contribution in [0.15, 0.2) is 47.2 Å². The standard InChI is InChI=1S/C20H24O5S.2C2H6/c1-20(2,12-21)17-16-15(23-19(25-17)14-8-9-26-11-14)10-22-18(24-16)13-6-4-3-5-7-13;2*1-2/h3-9,11,15-19,21H,10,12H2,1-2H3;2*1-2H3/t15-,16+,17-,18?,19?;;/m0../s1. The van der Waals surface area contributed by atoms with Crippen LogP contribution in [0, 0.1) is 5.41 Å². The van der Waals surface area contributed by atoms with Gasteiger partial charge in [0.1, 0.15) is 12.2 Å². The first-order valence-corrected chi connectivity index (χ1v) is 11.8. The van der Waals surface area contributed by atoms with Gasteiger partial charge in [0, 0.05) is 16.5 Å². The lowest BCUT2D eigenvalue weighted by atomic mass is 9.81. The van der Waals surface area contributed by atoms with Crippen molar-refractivity contribution in [1.29, 1.82) is 0 Å². The van der Waals surface area contributed by atoms with Crippen LogP contribution in [0.1, 0.15) is 65.2 Å². The SMILES string of the molecule is CC.CC.CC(C)(CO)[C@H]1OC(c2ccsc2)O[C@H]2COC(c3ccccc3)O[C@H]21. The molecular weight excluding hydrogens is 400 g/mol. The molecule has 2 aliphatic rings. The molecule has 2 saturated heterocycles. The van der Waals surface area contributed by atoms with Crippen LogP contribution >= 0.6 is 11.3 Å². The molecule has 0 saturated carbocycles. The second-order valence-electron chi connectivity index (χ2n) is 7.44. The molecule has 2 aromatic rings. The molecule has 6 heteroatoms. The zero-order valence-corrected chi connectivity index (χ0v) is 19.7. The van der Waals surface area contributed by atoms with Crippen molar-refractivity contribution in [3.05, 3.63) is 58.3 Å². The number of hydrogen-bond donors (Lipinski definition) is 1. The molecule has 0 radical (unpaired) electrons. The first-order chi connectivity index (χ1) is 14.6. The van der Waals surface area contributed by atoms with Crippen LogP contribution in [0.2, 0.25) is 0 Å². The molecule has 0 spiro atoms. The molecule has 0 amide bonds. The van der Waals surface area contributed by atoms with Gasteiger partial charge in [-0.3, -0.25) is 0 Å². The molecule has 5 atom stereocenters. The number of hydrogen-bond acceptors (Lipinski definition) is 6. The molecular formula is C24H36O5S. The van der Waals surface area contributed by atoms with E-state index in [1.54, 1.807) is 11.3 Å². The fraction of sp³-hybridized carbons (Fsp3) is 0.583. The Bertz CT molecular complexity index is 704. The molecule has 1 aromatic heterocycles. The van der Waals surface area contributed by atoms with Gasteiger partial charge >= 0.3 is 0 Å².